The molecule has 7 nitrogen and oxygen atoms in total. The van der Waals surface area contributed by atoms with Crippen molar-refractivity contribution in [2.75, 3.05) is 19.8 Å². The van der Waals surface area contributed by atoms with Crippen molar-refractivity contribution in [3.63, 3.8) is 0 Å². The molecule has 230 valence electrons. The van der Waals surface area contributed by atoms with Crippen LogP contribution < -0.4 is 10.6 Å². The molecule has 1 unspecified atom stereocenters. The number of dihydropyridines is 1. The summed E-state index contributed by atoms with van der Waals surface area (Å²) in [5.41, 5.74) is 5.17. The molecule has 45 heavy (non-hydrogen) atoms. The fourth-order valence-corrected chi connectivity index (χ4v) is 6.00. The van der Waals surface area contributed by atoms with Gasteiger partial charge in [-0.2, -0.15) is 0 Å². The van der Waals surface area contributed by atoms with Crippen LogP contribution in [0.3, 0.4) is 0 Å². The third-order valence-electron chi connectivity index (χ3n) is 7.90. The molecule has 1 aliphatic heterocycles. The van der Waals surface area contributed by atoms with Crippen LogP contribution in [0.25, 0.3) is 0 Å². The fourth-order valence-electron chi connectivity index (χ4n) is 5.80. The van der Waals surface area contributed by atoms with Gasteiger partial charge in [0.15, 0.2) is 0 Å². The predicted molar refractivity (Wildman–Crippen MR) is 176 cm³/mol. The molecule has 0 radical (unpaired) electrons. The number of carboxylic acid groups (broad SMARTS) is 1. The monoisotopic (exact) mass is 621 g/mol. The second-order valence-electron chi connectivity index (χ2n) is 10.9. The van der Waals surface area contributed by atoms with E-state index in [1.54, 1.807) is 37.4 Å². The molecule has 5 rings (SSSR count). The molecule has 0 aliphatic carbocycles. The number of carboxylic acids is 1. The molecule has 8 heteroatoms. The van der Waals surface area contributed by atoms with Crippen LogP contribution in [0.4, 0.5) is 0 Å². The van der Waals surface area contributed by atoms with Gasteiger partial charge in [-0.15, -0.1) is 0 Å². The Morgan fingerprint density at radius 3 is 2.24 bits per heavy atom. The van der Waals surface area contributed by atoms with E-state index < -0.39 is 11.9 Å². The van der Waals surface area contributed by atoms with E-state index in [-0.39, 0.29) is 24.0 Å². The Balaban J connectivity index is 1.37. The molecular weight excluding hydrogens is 586 g/mol. The van der Waals surface area contributed by atoms with Crippen molar-refractivity contribution in [2.24, 2.45) is 0 Å². The highest BCUT2D eigenvalue weighted by molar-refractivity contribution is 6.30. The summed E-state index contributed by atoms with van der Waals surface area (Å²) in [6.45, 7) is 2.57. The number of carbonyl (C=O) groups is 2. The summed E-state index contributed by atoms with van der Waals surface area (Å²) < 4.78 is 5.91. The van der Waals surface area contributed by atoms with E-state index in [4.69, 9.17) is 16.3 Å². The van der Waals surface area contributed by atoms with E-state index in [0.29, 0.717) is 53.5 Å². The van der Waals surface area contributed by atoms with Gasteiger partial charge in [0.25, 0.3) is 0 Å². The lowest BCUT2D eigenvalue weighted by Crippen LogP contribution is -2.38. The number of aliphatic carboxylic acids is 1. The van der Waals surface area contributed by atoms with Gasteiger partial charge in [0.2, 0.25) is 5.91 Å². The summed E-state index contributed by atoms with van der Waals surface area (Å²) in [6, 6.07) is 33.1. The Bertz CT molecular complexity index is 1630. The molecule has 0 saturated carbocycles. The average molecular weight is 622 g/mol. The first-order chi connectivity index (χ1) is 21.9. The number of aromatic nitrogens is 1. The molecule has 1 atom stereocenters. The van der Waals surface area contributed by atoms with Crippen LogP contribution >= 0.6 is 11.6 Å². The van der Waals surface area contributed by atoms with Crippen LogP contribution in [-0.4, -0.2) is 41.7 Å². The smallest absolute Gasteiger partial charge is 0.334 e. The van der Waals surface area contributed by atoms with Crippen LogP contribution in [0.15, 0.2) is 132 Å². The molecule has 3 N–H and O–H groups in total. The molecule has 0 fully saturated rings. The van der Waals surface area contributed by atoms with Crippen molar-refractivity contribution < 1.29 is 19.4 Å². The highest BCUT2D eigenvalue weighted by Gasteiger charge is 2.37. The van der Waals surface area contributed by atoms with E-state index in [1.165, 1.54) is 0 Å². The van der Waals surface area contributed by atoms with E-state index in [0.717, 1.165) is 16.8 Å². The molecule has 3 aromatic carbocycles. The summed E-state index contributed by atoms with van der Waals surface area (Å²) >= 11 is 6.36. The normalized spacial score (nSPS) is 14.8. The fraction of sp³-hybridized carbons (Fsp3) is 0.216. The number of carbonyl (C=O) groups excluding carboxylic acids is 1. The van der Waals surface area contributed by atoms with E-state index in [1.807, 2.05) is 54.6 Å². The standard InChI is InChI=1S/C37H36ClN3O4/c1-25-33(36(42)40-21-18-31(26-11-4-2-5-12-26)27-13-6-3-7-14-27)34(28-15-10-16-29(38)23-28)35(37(43)44)32(41-25)24-45-22-19-30-17-8-9-20-39-30/h2-17,20,23,31,34,41H,18-19,21-22,24H2,1H3,(H,40,42)(H,43,44). The molecule has 1 aromatic heterocycles. The molecule has 0 spiro atoms. The van der Waals surface area contributed by atoms with Gasteiger partial charge in [0, 0.05) is 47.1 Å². The van der Waals surface area contributed by atoms with Gasteiger partial charge in [-0.05, 0) is 54.3 Å². The number of nitrogens with zero attached hydrogens (tertiary/aromatic N) is 1. The zero-order chi connectivity index (χ0) is 31.6. The summed E-state index contributed by atoms with van der Waals surface area (Å²) in [7, 11) is 0. The SMILES string of the molecule is CC1=C(C(=O)NCCC(c2ccccc2)c2ccccc2)C(c2cccc(Cl)c2)C(C(=O)O)=C(COCCc2ccccn2)N1. The number of hydrogen-bond donors (Lipinski definition) is 3. The average Bonchev–Trinajstić information content (AvgIpc) is 3.05. The molecule has 2 heterocycles. The van der Waals surface area contributed by atoms with Crippen LogP contribution in [0.2, 0.25) is 5.02 Å². The quantitative estimate of drug-likeness (QED) is 0.145. The lowest BCUT2D eigenvalue weighted by Gasteiger charge is -2.31. The second kappa shape index (κ2) is 15.3. The highest BCUT2D eigenvalue weighted by atomic mass is 35.5. The lowest BCUT2D eigenvalue weighted by molar-refractivity contribution is -0.133. The van der Waals surface area contributed by atoms with Crippen LogP contribution in [0.5, 0.6) is 0 Å². The second-order valence-corrected chi connectivity index (χ2v) is 11.3. The van der Waals surface area contributed by atoms with E-state index in [9.17, 15) is 14.7 Å². The van der Waals surface area contributed by atoms with Gasteiger partial charge in [-0.3, -0.25) is 9.78 Å². The zero-order valence-corrected chi connectivity index (χ0v) is 25.8. The van der Waals surface area contributed by atoms with Crippen molar-refractivity contribution >= 4 is 23.5 Å². The van der Waals surface area contributed by atoms with Gasteiger partial charge in [0.05, 0.1) is 30.4 Å². The maximum atomic E-state index is 13.9. The first kappa shape index (κ1) is 31.7. The number of ether oxygens (including phenoxy) is 1. The van der Waals surface area contributed by atoms with Crippen LogP contribution in [0.1, 0.15) is 47.6 Å². The Morgan fingerprint density at radius 2 is 1.62 bits per heavy atom. The Hall–Kier alpha value is -4.72. The molecule has 1 aliphatic rings. The van der Waals surface area contributed by atoms with E-state index >= 15 is 0 Å². The summed E-state index contributed by atoms with van der Waals surface area (Å²) in [5.74, 6) is -2.24. The molecular formula is C37H36ClN3O4. The number of halogens is 1. The minimum Gasteiger partial charge on any atom is -0.478 e. The maximum absolute atomic E-state index is 13.9. The number of rotatable bonds is 13. The van der Waals surface area contributed by atoms with Gasteiger partial charge in [-0.1, -0.05) is 90.5 Å². The summed E-state index contributed by atoms with van der Waals surface area (Å²) in [4.78, 5) is 31.1. The highest BCUT2D eigenvalue weighted by Crippen LogP contribution is 2.39. The number of allylic oxidation sites excluding steroid dienone is 1. The predicted octanol–water partition coefficient (Wildman–Crippen LogP) is 6.63. The third-order valence-corrected chi connectivity index (χ3v) is 8.13. The molecule has 1 amide bonds. The number of nitrogens with one attached hydrogen (secondary N) is 2. The van der Waals surface area contributed by atoms with Crippen molar-refractivity contribution in [3.8, 4) is 0 Å². The minimum absolute atomic E-state index is 0.0353. The molecule has 0 bridgehead atoms. The Labute approximate surface area is 268 Å². The third kappa shape index (κ3) is 8.06. The number of pyridine rings is 1. The van der Waals surface area contributed by atoms with Crippen molar-refractivity contribution in [2.45, 2.75) is 31.6 Å². The maximum Gasteiger partial charge on any atom is 0.334 e. The zero-order valence-electron chi connectivity index (χ0n) is 25.1. The first-order valence-electron chi connectivity index (χ1n) is 15.0. The first-order valence-corrected chi connectivity index (χ1v) is 15.4. The Morgan fingerprint density at radius 1 is 0.933 bits per heavy atom. The Kier molecular flexibility index (Phi) is 10.8. The van der Waals surface area contributed by atoms with Crippen molar-refractivity contribution in [1.29, 1.82) is 0 Å². The van der Waals surface area contributed by atoms with Gasteiger partial charge in [0.1, 0.15) is 0 Å². The van der Waals surface area contributed by atoms with Gasteiger partial charge >= 0.3 is 5.97 Å². The molecule has 0 saturated heterocycles. The number of amides is 1. The topological polar surface area (TPSA) is 101 Å². The van der Waals surface area contributed by atoms with Gasteiger partial charge in [-0.25, -0.2) is 4.79 Å². The van der Waals surface area contributed by atoms with Crippen molar-refractivity contribution in [1.82, 2.24) is 15.6 Å². The minimum atomic E-state index is -1.14. The van der Waals surface area contributed by atoms with Crippen LogP contribution in [0, 0.1) is 0 Å². The van der Waals surface area contributed by atoms with Gasteiger partial charge < -0.3 is 20.5 Å². The summed E-state index contributed by atoms with van der Waals surface area (Å²) in [6.07, 6.45) is 2.98. The van der Waals surface area contributed by atoms with E-state index in [2.05, 4.69) is 39.9 Å². The number of hydrogen-bond acceptors (Lipinski definition) is 5. The summed E-state index contributed by atoms with van der Waals surface area (Å²) in [5, 5.41) is 17.2. The number of benzene rings is 3. The van der Waals surface area contributed by atoms with Crippen molar-refractivity contribution in [3.05, 3.63) is 159 Å². The largest absolute Gasteiger partial charge is 0.478 e. The lowest BCUT2D eigenvalue weighted by atomic mass is 9.80. The van der Waals surface area contributed by atoms with Crippen LogP contribution in [-0.2, 0) is 20.7 Å². The molecule has 4 aromatic rings.